The van der Waals surface area contributed by atoms with E-state index in [1.165, 1.54) is 218 Å². The fourth-order valence-electron chi connectivity index (χ4n) is 10.3. The highest BCUT2D eigenvalue weighted by Crippen LogP contribution is 2.23. The summed E-state index contributed by atoms with van der Waals surface area (Å²) in [5.74, 6) is -0.188. The fraction of sp³-hybridized carbons (Fsp3) is 0.812. The Labute approximate surface area is 480 Å². The molecule has 0 aliphatic carbocycles. The molecule has 0 aromatic rings. The molecule has 0 spiro atoms. The lowest BCUT2D eigenvalue weighted by Gasteiger charge is -2.40. The van der Waals surface area contributed by atoms with Gasteiger partial charge < -0.3 is 40.3 Å². The standard InChI is InChI=1S/C69H125NO8/c1-3-5-7-9-11-13-15-17-19-20-21-22-23-24-25-26-27-28-29-30-31-32-33-34-35-36-37-38-39-40-41-42-43-44-45-47-49-51-53-55-57-59-65(73)70-62(61-77-69-68(76)67(75)66(74)64(60-71)78-69)63(72)58-56-54-52-50-48-46-18-16-14-12-10-8-6-4-2/h14-17,20-21,23-24,48,50,56,58,62-64,66-69,71-72,74-76H,3-13,18-19,22,25-47,49,51-55,57,59-61H2,1-2H3,(H,70,73)/b16-14+,17-15-,21-20-,24-23-,50-48+,58-56+. The summed E-state index contributed by atoms with van der Waals surface area (Å²) in [5.41, 5.74) is 0. The summed E-state index contributed by atoms with van der Waals surface area (Å²) in [6.45, 7) is 3.73. The third-order valence-electron chi connectivity index (χ3n) is 15.5. The summed E-state index contributed by atoms with van der Waals surface area (Å²) in [7, 11) is 0. The van der Waals surface area contributed by atoms with Crippen LogP contribution < -0.4 is 5.32 Å². The van der Waals surface area contributed by atoms with Gasteiger partial charge >= 0.3 is 0 Å². The highest BCUT2D eigenvalue weighted by molar-refractivity contribution is 5.76. The summed E-state index contributed by atoms with van der Waals surface area (Å²) in [6, 6.07) is -0.828. The molecule has 78 heavy (non-hydrogen) atoms. The molecule has 1 fully saturated rings. The number of ether oxygens (including phenoxy) is 2. The van der Waals surface area contributed by atoms with Crippen LogP contribution in [0, 0.1) is 0 Å². The fourth-order valence-corrected chi connectivity index (χ4v) is 10.3. The average Bonchev–Trinajstić information content (AvgIpc) is 3.46. The third kappa shape index (κ3) is 46.3. The van der Waals surface area contributed by atoms with Crippen molar-refractivity contribution in [1.82, 2.24) is 5.32 Å². The smallest absolute Gasteiger partial charge is 0.220 e. The zero-order valence-corrected chi connectivity index (χ0v) is 50.7. The molecule has 0 aromatic heterocycles. The Morgan fingerprint density at radius 1 is 0.436 bits per heavy atom. The van der Waals surface area contributed by atoms with Gasteiger partial charge in [0.2, 0.25) is 5.91 Å². The number of nitrogens with one attached hydrogen (secondary N) is 1. The molecule has 1 rings (SSSR count). The van der Waals surface area contributed by atoms with Gasteiger partial charge in [-0.15, -0.1) is 0 Å². The number of carbonyl (C=O) groups excluding carboxylic acids is 1. The Kier molecular flexibility index (Phi) is 54.6. The molecular formula is C69H125NO8. The van der Waals surface area contributed by atoms with Gasteiger partial charge in [-0.05, 0) is 83.5 Å². The largest absolute Gasteiger partial charge is 0.394 e. The van der Waals surface area contributed by atoms with E-state index in [1.807, 2.05) is 6.08 Å². The van der Waals surface area contributed by atoms with Crippen LogP contribution in [0.1, 0.15) is 303 Å². The molecule has 1 aliphatic heterocycles. The van der Waals surface area contributed by atoms with Crippen molar-refractivity contribution in [3.05, 3.63) is 72.9 Å². The van der Waals surface area contributed by atoms with E-state index in [1.54, 1.807) is 6.08 Å². The monoisotopic (exact) mass is 1100 g/mol. The van der Waals surface area contributed by atoms with Gasteiger partial charge in [0, 0.05) is 6.42 Å². The number of rotatable bonds is 57. The van der Waals surface area contributed by atoms with Crippen molar-refractivity contribution in [2.45, 2.75) is 346 Å². The summed E-state index contributed by atoms with van der Waals surface area (Å²) in [6.07, 6.45) is 74.5. The summed E-state index contributed by atoms with van der Waals surface area (Å²) < 4.78 is 11.2. The second-order valence-corrected chi connectivity index (χ2v) is 22.9. The van der Waals surface area contributed by atoms with E-state index in [0.717, 1.165) is 64.2 Å². The van der Waals surface area contributed by atoms with Gasteiger partial charge in [-0.25, -0.2) is 0 Å². The van der Waals surface area contributed by atoms with Gasteiger partial charge in [0.25, 0.3) is 0 Å². The first kappa shape index (κ1) is 73.6. The number of hydrogen-bond donors (Lipinski definition) is 6. The van der Waals surface area contributed by atoms with Gasteiger partial charge in [0.05, 0.1) is 25.4 Å². The molecule has 9 heteroatoms. The van der Waals surface area contributed by atoms with E-state index in [0.29, 0.717) is 6.42 Å². The molecule has 0 saturated carbocycles. The molecule has 454 valence electrons. The highest BCUT2D eigenvalue weighted by atomic mass is 16.7. The summed E-state index contributed by atoms with van der Waals surface area (Å²) >= 11 is 0. The maximum absolute atomic E-state index is 13.1. The molecule has 9 nitrogen and oxygen atoms in total. The molecule has 1 saturated heterocycles. The van der Waals surface area contributed by atoms with Crippen LogP contribution in [0.25, 0.3) is 0 Å². The van der Waals surface area contributed by atoms with E-state index in [-0.39, 0.29) is 12.5 Å². The van der Waals surface area contributed by atoms with Gasteiger partial charge in [-0.1, -0.05) is 286 Å². The molecule has 1 amide bonds. The highest BCUT2D eigenvalue weighted by Gasteiger charge is 2.44. The molecular weight excluding hydrogens is 971 g/mol. The molecule has 1 heterocycles. The maximum atomic E-state index is 13.1. The Morgan fingerprint density at radius 2 is 0.769 bits per heavy atom. The second-order valence-electron chi connectivity index (χ2n) is 22.9. The first-order valence-corrected chi connectivity index (χ1v) is 33.2. The van der Waals surface area contributed by atoms with Crippen molar-refractivity contribution in [2.24, 2.45) is 0 Å². The summed E-state index contributed by atoms with van der Waals surface area (Å²) in [4.78, 5) is 13.1. The van der Waals surface area contributed by atoms with Crippen molar-refractivity contribution in [3.8, 4) is 0 Å². The van der Waals surface area contributed by atoms with Gasteiger partial charge in [0.1, 0.15) is 24.4 Å². The number of carbonyl (C=O) groups is 1. The van der Waals surface area contributed by atoms with Gasteiger partial charge in [-0.3, -0.25) is 4.79 Å². The van der Waals surface area contributed by atoms with Crippen LogP contribution in [0.4, 0.5) is 0 Å². The lowest BCUT2D eigenvalue weighted by molar-refractivity contribution is -0.302. The zero-order valence-electron chi connectivity index (χ0n) is 50.7. The Balaban J connectivity index is 2.03. The molecule has 0 aromatic carbocycles. The average molecular weight is 1100 g/mol. The third-order valence-corrected chi connectivity index (χ3v) is 15.5. The van der Waals surface area contributed by atoms with E-state index in [9.17, 15) is 30.3 Å². The van der Waals surface area contributed by atoms with Crippen molar-refractivity contribution < 1.29 is 39.8 Å². The number of allylic oxidation sites excluding steroid dienone is 11. The van der Waals surface area contributed by atoms with Crippen LogP contribution in [0.2, 0.25) is 0 Å². The molecule has 7 unspecified atom stereocenters. The molecule has 0 radical (unpaired) electrons. The maximum Gasteiger partial charge on any atom is 0.220 e. The van der Waals surface area contributed by atoms with Crippen LogP contribution in [0.15, 0.2) is 72.9 Å². The van der Waals surface area contributed by atoms with E-state index in [2.05, 4.69) is 79.9 Å². The molecule has 7 atom stereocenters. The first-order chi connectivity index (χ1) is 38.3. The van der Waals surface area contributed by atoms with E-state index in [4.69, 9.17) is 9.47 Å². The molecule has 0 bridgehead atoms. The number of unbranched alkanes of at least 4 members (excludes halogenated alkanes) is 37. The second kappa shape index (κ2) is 57.8. The van der Waals surface area contributed by atoms with Crippen LogP contribution in [0.5, 0.6) is 0 Å². The minimum atomic E-state index is -1.58. The quantitative estimate of drug-likeness (QED) is 0.0261. The van der Waals surface area contributed by atoms with Gasteiger partial charge in [-0.2, -0.15) is 0 Å². The minimum absolute atomic E-state index is 0.188. The van der Waals surface area contributed by atoms with Gasteiger partial charge in [0.15, 0.2) is 6.29 Å². The Hall–Kier alpha value is -2.37. The Bertz CT molecular complexity index is 1460. The van der Waals surface area contributed by atoms with Crippen molar-refractivity contribution in [3.63, 3.8) is 0 Å². The van der Waals surface area contributed by atoms with Crippen LogP contribution in [-0.2, 0) is 14.3 Å². The summed E-state index contributed by atoms with van der Waals surface area (Å²) in [5, 5.41) is 54.5. The number of aliphatic hydroxyl groups is 5. The van der Waals surface area contributed by atoms with Crippen molar-refractivity contribution in [2.75, 3.05) is 13.2 Å². The molecule has 6 N–H and O–H groups in total. The van der Waals surface area contributed by atoms with Crippen molar-refractivity contribution >= 4 is 5.91 Å². The lowest BCUT2D eigenvalue weighted by Crippen LogP contribution is -2.60. The van der Waals surface area contributed by atoms with Crippen LogP contribution in [0.3, 0.4) is 0 Å². The number of aliphatic hydroxyl groups excluding tert-OH is 5. The Morgan fingerprint density at radius 3 is 1.18 bits per heavy atom. The number of hydrogen-bond acceptors (Lipinski definition) is 8. The van der Waals surface area contributed by atoms with Crippen LogP contribution in [-0.4, -0.2) is 87.5 Å². The van der Waals surface area contributed by atoms with E-state index >= 15 is 0 Å². The zero-order chi connectivity index (χ0) is 56.5. The first-order valence-electron chi connectivity index (χ1n) is 33.2. The predicted octanol–water partition coefficient (Wildman–Crippen LogP) is 17.6. The van der Waals surface area contributed by atoms with Crippen molar-refractivity contribution in [1.29, 1.82) is 0 Å². The normalized spacial score (nSPS) is 19.1. The molecule has 1 aliphatic rings. The van der Waals surface area contributed by atoms with Crippen LogP contribution >= 0.6 is 0 Å². The topological polar surface area (TPSA) is 149 Å². The lowest BCUT2D eigenvalue weighted by atomic mass is 9.99. The SMILES string of the molecule is CCCCCC/C=C/CC/C=C/CC/C=C/C(O)C(COC1OC(CO)C(O)C(O)C1O)NC(=O)CCCCCCCCCCCCCCCCCCCCCCCCCCCC/C=C\C/C=C\C/C=C\CCCCCCC. The van der Waals surface area contributed by atoms with E-state index < -0.39 is 49.5 Å². The number of amides is 1. The predicted molar refractivity (Wildman–Crippen MR) is 332 cm³/mol. The minimum Gasteiger partial charge on any atom is -0.394 e.